The number of hydrogen-bond donors (Lipinski definition) is 1. The molecule has 1 aromatic rings. The number of ether oxygens (including phenoxy) is 4. The van der Waals surface area contributed by atoms with Gasteiger partial charge in [-0.3, -0.25) is 0 Å². The summed E-state index contributed by atoms with van der Waals surface area (Å²) in [6, 6.07) is 4.65. The Morgan fingerprint density at radius 3 is 2.95 bits per heavy atom. The highest BCUT2D eigenvalue weighted by Gasteiger charge is 2.40. The fraction of sp³-hybridized carbons (Fsp3) is 0.385. The highest BCUT2D eigenvalue weighted by atomic mass is 16.7. The molecule has 106 valence electrons. The number of carbonyl (C=O) groups is 2. The van der Waals surface area contributed by atoms with Crippen molar-refractivity contribution in [2.24, 2.45) is 0 Å². The van der Waals surface area contributed by atoms with Crippen LogP contribution in [0, 0.1) is 0 Å². The van der Waals surface area contributed by atoms with Crippen molar-refractivity contribution in [2.45, 2.75) is 25.7 Å². The summed E-state index contributed by atoms with van der Waals surface area (Å²) < 4.78 is 20.2. The largest absolute Gasteiger partial charge is 0.458 e. The van der Waals surface area contributed by atoms with Gasteiger partial charge in [0, 0.05) is 0 Å². The lowest BCUT2D eigenvalue weighted by molar-refractivity contribution is -0.174. The van der Waals surface area contributed by atoms with Crippen molar-refractivity contribution in [2.75, 3.05) is 6.79 Å². The van der Waals surface area contributed by atoms with E-state index < -0.39 is 18.1 Å². The Hall–Kier alpha value is -2.44. The third-order valence-corrected chi connectivity index (χ3v) is 3.11. The van der Waals surface area contributed by atoms with Crippen molar-refractivity contribution in [1.82, 2.24) is 5.32 Å². The topological polar surface area (TPSA) is 83.1 Å². The van der Waals surface area contributed by atoms with Gasteiger partial charge < -0.3 is 24.3 Å². The lowest BCUT2D eigenvalue weighted by atomic mass is 10.1. The summed E-state index contributed by atoms with van der Waals surface area (Å²) in [5, 5.41) is 2.45. The molecule has 2 aliphatic rings. The number of hydrogen-bond acceptors (Lipinski definition) is 6. The van der Waals surface area contributed by atoms with Crippen LogP contribution in [0.25, 0.3) is 0 Å². The molecule has 7 nitrogen and oxygen atoms in total. The molecule has 0 radical (unpaired) electrons. The molecule has 20 heavy (non-hydrogen) atoms. The van der Waals surface area contributed by atoms with Crippen molar-refractivity contribution in [3.63, 3.8) is 0 Å². The molecular formula is C13H13NO6. The Kier molecular flexibility index (Phi) is 3.09. The molecule has 1 unspecified atom stereocenters. The molecule has 1 saturated heterocycles. The number of amides is 1. The van der Waals surface area contributed by atoms with Crippen molar-refractivity contribution >= 4 is 12.1 Å². The maximum Gasteiger partial charge on any atom is 0.408 e. The van der Waals surface area contributed by atoms with Crippen LogP contribution in [0.2, 0.25) is 0 Å². The number of carbonyl (C=O) groups excluding carboxylic acids is 2. The van der Waals surface area contributed by atoms with Gasteiger partial charge >= 0.3 is 12.1 Å². The van der Waals surface area contributed by atoms with Gasteiger partial charge in [-0.25, -0.2) is 9.59 Å². The predicted octanol–water partition coefficient (Wildman–Crippen LogP) is 0.955. The van der Waals surface area contributed by atoms with E-state index in [1.54, 1.807) is 25.1 Å². The van der Waals surface area contributed by atoms with E-state index in [9.17, 15) is 9.59 Å². The Morgan fingerprint density at radius 2 is 2.20 bits per heavy atom. The van der Waals surface area contributed by atoms with Crippen LogP contribution >= 0.6 is 0 Å². The monoisotopic (exact) mass is 279 g/mol. The van der Waals surface area contributed by atoms with Crippen molar-refractivity contribution < 1.29 is 28.5 Å². The molecule has 1 amide bonds. The van der Waals surface area contributed by atoms with Crippen molar-refractivity contribution in [3.05, 3.63) is 23.8 Å². The Labute approximate surface area is 114 Å². The molecule has 2 atom stereocenters. The molecular weight excluding hydrogens is 266 g/mol. The first kappa shape index (κ1) is 12.6. The van der Waals surface area contributed by atoms with E-state index in [1.165, 1.54) is 0 Å². The fourth-order valence-corrected chi connectivity index (χ4v) is 1.97. The Balaban J connectivity index is 1.51. The number of rotatable bonds is 3. The lowest BCUT2D eigenvalue weighted by Crippen LogP contribution is -2.58. The minimum atomic E-state index is -0.656. The third kappa shape index (κ3) is 2.34. The summed E-state index contributed by atoms with van der Waals surface area (Å²) >= 11 is 0. The number of cyclic esters (lactones) is 1. The molecule has 0 bridgehead atoms. The van der Waals surface area contributed by atoms with Gasteiger partial charge in [-0.1, -0.05) is 6.07 Å². The highest BCUT2D eigenvalue weighted by Crippen LogP contribution is 2.32. The number of fused-ring (bicyclic) bond motifs is 1. The van der Waals surface area contributed by atoms with E-state index >= 15 is 0 Å². The molecule has 0 aliphatic carbocycles. The van der Waals surface area contributed by atoms with E-state index in [4.69, 9.17) is 18.9 Å². The predicted molar refractivity (Wildman–Crippen MR) is 65.2 cm³/mol. The van der Waals surface area contributed by atoms with E-state index in [0.29, 0.717) is 11.5 Å². The molecule has 0 aromatic heterocycles. The first-order chi connectivity index (χ1) is 9.63. The van der Waals surface area contributed by atoms with Crippen LogP contribution in [-0.4, -0.2) is 31.0 Å². The van der Waals surface area contributed by atoms with Crippen LogP contribution in [0.5, 0.6) is 11.5 Å². The first-order valence-electron chi connectivity index (χ1n) is 6.16. The number of alkyl carbamates (subject to hydrolysis) is 1. The molecule has 0 saturated carbocycles. The lowest BCUT2D eigenvalue weighted by Gasteiger charge is -2.32. The minimum Gasteiger partial charge on any atom is -0.458 e. The van der Waals surface area contributed by atoms with Crippen molar-refractivity contribution in [1.29, 1.82) is 0 Å². The normalized spacial score (nSPS) is 22.8. The number of esters is 1. The second-order valence-corrected chi connectivity index (χ2v) is 4.53. The van der Waals surface area contributed by atoms with Gasteiger partial charge in [-0.15, -0.1) is 0 Å². The van der Waals surface area contributed by atoms with Crippen LogP contribution in [0.3, 0.4) is 0 Å². The summed E-state index contributed by atoms with van der Waals surface area (Å²) in [4.78, 5) is 22.6. The van der Waals surface area contributed by atoms with Gasteiger partial charge in [0.05, 0.1) is 0 Å². The molecule has 3 rings (SSSR count). The van der Waals surface area contributed by atoms with Gasteiger partial charge in [0.25, 0.3) is 0 Å². The molecule has 2 aliphatic heterocycles. The highest BCUT2D eigenvalue weighted by molar-refractivity contribution is 5.86. The minimum absolute atomic E-state index is 0.0820. The van der Waals surface area contributed by atoms with Gasteiger partial charge in [-0.05, 0) is 24.6 Å². The van der Waals surface area contributed by atoms with Gasteiger partial charge in [0.2, 0.25) is 6.79 Å². The molecule has 1 fully saturated rings. The zero-order valence-corrected chi connectivity index (χ0v) is 10.8. The third-order valence-electron chi connectivity index (χ3n) is 3.11. The summed E-state index contributed by atoms with van der Waals surface area (Å²) in [6.07, 6.45) is -0.975. The van der Waals surface area contributed by atoms with E-state index in [0.717, 1.165) is 5.56 Å². The summed E-state index contributed by atoms with van der Waals surface area (Å²) in [5.41, 5.74) is 0.772. The summed E-state index contributed by atoms with van der Waals surface area (Å²) in [6.45, 7) is 1.98. The molecule has 2 heterocycles. The quantitative estimate of drug-likeness (QED) is 0.830. The van der Waals surface area contributed by atoms with Crippen LogP contribution in [0.4, 0.5) is 4.79 Å². The fourth-order valence-electron chi connectivity index (χ4n) is 1.97. The van der Waals surface area contributed by atoms with Crippen LogP contribution in [0.1, 0.15) is 12.5 Å². The molecule has 7 heteroatoms. The smallest absolute Gasteiger partial charge is 0.408 e. The van der Waals surface area contributed by atoms with E-state index in [1.807, 2.05) is 0 Å². The van der Waals surface area contributed by atoms with Crippen LogP contribution in [0.15, 0.2) is 18.2 Å². The zero-order valence-electron chi connectivity index (χ0n) is 10.8. The maximum absolute atomic E-state index is 11.5. The van der Waals surface area contributed by atoms with E-state index in [2.05, 4.69) is 5.32 Å². The average molecular weight is 279 g/mol. The van der Waals surface area contributed by atoms with Gasteiger partial charge in [0.1, 0.15) is 12.7 Å². The van der Waals surface area contributed by atoms with Crippen molar-refractivity contribution in [3.8, 4) is 11.5 Å². The Bertz CT molecular complexity index is 558. The van der Waals surface area contributed by atoms with Gasteiger partial charge in [-0.2, -0.15) is 0 Å². The number of benzene rings is 1. The SMILES string of the molecule is CC1OC(=O)[C@@H]1NC(=O)OCc1ccc2c(c1)OCO2. The second kappa shape index (κ2) is 4.92. The van der Waals surface area contributed by atoms with Crippen LogP contribution < -0.4 is 14.8 Å². The Morgan fingerprint density at radius 1 is 1.40 bits per heavy atom. The first-order valence-corrected chi connectivity index (χ1v) is 6.16. The maximum atomic E-state index is 11.5. The molecule has 1 aromatic carbocycles. The summed E-state index contributed by atoms with van der Waals surface area (Å²) in [5.74, 6) is 0.851. The second-order valence-electron chi connectivity index (χ2n) is 4.53. The van der Waals surface area contributed by atoms with E-state index in [-0.39, 0.29) is 19.5 Å². The van der Waals surface area contributed by atoms with Crippen LogP contribution in [-0.2, 0) is 20.9 Å². The zero-order chi connectivity index (χ0) is 14.1. The number of nitrogens with one attached hydrogen (secondary N) is 1. The average Bonchev–Trinajstić information content (AvgIpc) is 2.90. The standard InChI is InChI=1S/C13H13NO6/c1-7-11(12(15)20-7)14-13(16)17-5-8-2-3-9-10(4-8)19-6-18-9/h2-4,7,11H,5-6H2,1H3,(H,14,16)/t7?,11-/m1/s1. The molecule has 0 spiro atoms. The summed E-state index contributed by atoms with van der Waals surface area (Å²) in [7, 11) is 0. The van der Waals surface area contributed by atoms with Gasteiger partial charge in [0.15, 0.2) is 17.5 Å². The molecule has 1 N–H and O–H groups in total.